The van der Waals surface area contributed by atoms with Crippen molar-refractivity contribution >= 4 is 39.8 Å². The number of thiophene rings is 1. The molecule has 0 unspecified atom stereocenters. The molecule has 4 heteroatoms. The lowest BCUT2D eigenvalue weighted by Crippen LogP contribution is -2.31. The van der Waals surface area contributed by atoms with Crippen LogP contribution < -0.4 is 0 Å². The van der Waals surface area contributed by atoms with Gasteiger partial charge in [0.1, 0.15) is 0 Å². The number of carbonyl (C=O) groups is 1. The fourth-order valence-corrected chi connectivity index (χ4v) is 3.36. The zero-order valence-electron chi connectivity index (χ0n) is 11.7. The molecule has 20 heavy (non-hydrogen) atoms. The molecule has 0 fully saturated rings. The smallest absolute Gasteiger partial charge is 0.255 e. The first kappa shape index (κ1) is 15.5. The standard InChI is InChI=1S/C16H18INOS/c1-3-8-18(10-13-6-4-12(2)5-7-13)16(19)14-9-15(17)20-11-14/h4-7,9,11H,3,8,10H2,1-2H3. The zero-order chi connectivity index (χ0) is 14.5. The molecule has 0 radical (unpaired) electrons. The second-order valence-electron chi connectivity index (χ2n) is 4.85. The molecule has 1 heterocycles. The predicted molar refractivity (Wildman–Crippen MR) is 93.2 cm³/mol. The van der Waals surface area contributed by atoms with Crippen LogP contribution in [0.3, 0.4) is 0 Å². The van der Waals surface area contributed by atoms with E-state index in [1.165, 1.54) is 11.1 Å². The van der Waals surface area contributed by atoms with Crippen molar-refractivity contribution < 1.29 is 4.79 Å². The summed E-state index contributed by atoms with van der Waals surface area (Å²) < 4.78 is 1.15. The van der Waals surface area contributed by atoms with E-state index in [2.05, 4.69) is 60.7 Å². The van der Waals surface area contributed by atoms with Crippen LogP contribution in [0, 0.1) is 9.81 Å². The minimum atomic E-state index is 0.131. The Bertz CT molecular complexity index is 576. The Morgan fingerprint density at radius 3 is 2.55 bits per heavy atom. The second-order valence-corrected chi connectivity index (χ2v) is 7.66. The summed E-state index contributed by atoms with van der Waals surface area (Å²) in [6, 6.07) is 10.4. The Morgan fingerprint density at radius 2 is 2.00 bits per heavy atom. The summed E-state index contributed by atoms with van der Waals surface area (Å²) in [4.78, 5) is 14.5. The molecule has 0 atom stereocenters. The summed E-state index contributed by atoms with van der Waals surface area (Å²) in [6.45, 7) is 5.65. The number of amides is 1. The largest absolute Gasteiger partial charge is 0.334 e. The van der Waals surface area contributed by atoms with Crippen molar-refractivity contribution in [1.82, 2.24) is 4.90 Å². The molecule has 1 aromatic heterocycles. The van der Waals surface area contributed by atoms with Crippen molar-refractivity contribution in [1.29, 1.82) is 0 Å². The lowest BCUT2D eigenvalue weighted by molar-refractivity contribution is 0.0743. The minimum absolute atomic E-state index is 0.131. The minimum Gasteiger partial charge on any atom is -0.334 e. The van der Waals surface area contributed by atoms with Crippen molar-refractivity contribution in [3.63, 3.8) is 0 Å². The summed E-state index contributed by atoms with van der Waals surface area (Å²) in [7, 11) is 0. The van der Waals surface area contributed by atoms with Gasteiger partial charge in [0.25, 0.3) is 5.91 Å². The normalized spacial score (nSPS) is 10.6. The average Bonchev–Trinajstić information content (AvgIpc) is 2.86. The highest BCUT2D eigenvalue weighted by Gasteiger charge is 2.16. The summed E-state index contributed by atoms with van der Waals surface area (Å²) in [5.41, 5.74) is 3.23. The van der Waals surface area contributed by atoms with E-state index in [1.54, 1.807) is 11.3 Å². The topological polar surface area (TPSA) is 20.3 Å². The van der Waals surface area contributed by atoms with E-state index in [0.717, 1.165) is 21.4 Å². The highest BCUT2D eigenvalue weighted by Crippen LogP contribution is 2.19. The number of aryl methyl sites for hydroxylation is 1. The molecular weight excluding hydrogens is 381 g/mol. The maximum Gasteiger partial charge on any atom is 0.255 e. The second kappa shape index (κ2) is 7.22. The Balaban J connectivity index is 2.14. The van der Waals surface area contributed by atoms with E-state index in [4.69, 9.17) is 0 Å². The Labute approximate surface area is 138 Å². The highest BCUT2D eigenvalue weighted by molar-refractivity contribution is 14.1. The molecule has 0 aliphatic carbocycles. The maximum atomic E-state index is 12.5. The van der Waals surface area contributed by atoms with Crippen molar-refractivity contribution in [3.05, 3.63) is 55.3 Å². The van der Waals surface area contributed by atoms with Gasteiger partial charge in [-0.2, -0.15) is 0 Å². The number of nitrogens with zero attached hydrogens (tertiary/aromatic N) is 1. The van der Waals surface area contributed by atoms with Crippen LogP contribution in [0.4, 0.5) is 0 Å². The first-order chi connectivity index (χ1) is 9.60. The van der Waals surface area contributed by atoms with Crippen molar-refractivity contribution in [3.8, 4) is 0 Å². The van der Waals surface area contributed by atoms with Crippen LogP contribution in [-0.2, 0) is 6.54 Å². The van der Waals surface area contributed by atoms with Gasteiger partial charge in [-0.3, -0.25) is 4.79 Å². The number of hydrogen-bond donors (Lipinski definition) is 0. The summed E-state index contributed by atoms with van der Waals surface area (Å²) in [6.07, 6.45) is 0.971. The van der Waals surface area contributed by atoms with Crippen LogP contribution >= 0.6 is 33.9 Å². The van der Waals surface area contributed by atoms with Crippen molar-refractivity contribution in [2.45, 2.75) is 26.8 Å². The molecule has 0 spiro atoms. The fourth-order valence-electron chi connectivity index (χ4n) is 2.04. The van der Waals surface area contributed by atoms with Gasteiger partial charge >= 0.3 is 0 Å². The van der Waals surface area contributed by atoms with E-state index in [1.807, 2.05) is 16.3 Å². The fraction of sp³-hybridized carbons (Fsp3) is 0.312. The quantitative estimate of drug-likeness (QED) is 0.667. The molecule has 106 valence electrons. The third-order valence-electron chi connectivity index (χ3n) is 3.09. The third kappa shape index (κ3) is 4.06. The van der Waals surface area contributed by atoms with Gasteiger partial charge in [-0.1, -0.05) is 36.8 Å². The number of benzene rings is 1. The maximum absolute atomic E-state index is 12.5. The van der Waals surface area contributed by atoms with Crippen LogP contribution in [0.5, 0.6) is 0 Å². The van der Waals surface area contributed by atoms with Crippen LogP contribution in [0.25, 0.3) is 0 Å². The van der Waals surface area contributed by atoms with Gasteiger partial charge in [-0.05, 0) is 47.6 Å². The molecule has 0 bridgehead atoms. The Kier molecular flexibility index (Phi) is 5.60. The van der Waals surface area contributed by atoms with E-state index < -0.39 is 0 Å². The van der Waals surface area contributed by atoms with Gasteiger partial charge < -0.3 is 4.90 Å². The number of halogens is 1. The highest BCUT2D eigenvalue weighted by atomic mass is 127. The molecular formula is C16H18INOS. The van der Waals surface area contributed by atoms with E-state index in [-0.39, 0.29) is 5.91 Å². The number of hydrogen-bond acceptors (Lipinski definition) is 2. The summed E-state index contributed by atoms with van der Waals surface area (Å²) >= 11 is 3.87. The molecule has 0 aliphatic rings. The first-order valence-electron chi connectivity index (χ1n) is 6.69. The van der Waals surface area contributed by atoms with Crippen LogP contribution in [0.1, 0.15) is 34.8 Å². The molecule has 1 amide bonds. The van der Waals surface area contributed by atoms with E-state index >= 15 is 0 Å². The van der Waals surface area contributed by atoms with Crippen molar-refractivity contribution in [2.24, 2.45) is 0 Å². The van der Waals surface area contributed by atoms with Crippen LogP contribution in [-0.4, -0.2) is 17.4 Å². The van der Waals surface area contributed by atoms with E-state index in [9.17, 15) is 4.79 Å². The SMILES string of the molecule is CCCN(Cc1ccc(C)cc1)C(=O)c1csc(I)c1. The molecule has 2 rings (SSSR count). The van der Waals surface area contributed by atoms with Crippen LogP contribution in [0.15, 0.2) is 35.7 Å². The van der Waals surface area contributed by atoms with Gasteiger partial charge in [0.05, 0.1) is 8.45 Å². The first-order valence-corrected chi connectivity index (χ1v) is 8.65. The zero-order valence-corrected chi connectivity index (χ0v) is 14.7. The molecule has 1 aromatic carbocycles. The van der Waals surface area contributed by atoms with Gasteiger partial charge in [0.2, 0.25) is 0 Å². The molecule has 0 aliphatic heterocycles. The molecule has 0 N–H and O–H groups in total. The predicted octanol–water partition coefficient (Wildman–Crippen LogP) is 4.71. The number of carbonyl (C=O) groups excluding carboxylic acids is 1. The Hall–Kier alpha value is -0.880. The van der Waals surface area contributed by atoms with Crippen LogP contribution in [0.2, 0.25) is 0 Å². The van der Waals surface area contributed by atoms with Gasteiger partial charge in [0.15, 0.2) is 0 Å². The number of rotatable bonds is 5. The summed E-state index contributed by atoms with van der Waals surface area (Å²) in [5, 5.41) is 1.95. The summed E-state index contributed by atoms with van der Waals surface area (Å²) in [5.74, 6) is 0.131. The Morgan fingerprint density at radius 1 is 1.30 bits per heavy atom. The van der Waals surface area contributed by atoms with Gasteiger partial charge in [0, 0.05) is 18.5 Å². The third-order valence-corrected chi connectivity index (χ3v) is 4.88. The lowest BCUT2D eigenvalue weighted by atomic mass is 10.1. The van der Waals surface area contributed by atoms with Crippen molar-refractivity contribution in [2.75, 3.05) is 6.54 Å². The monoisotopic (exact) mass is 399 g/mol. The average molecular weight is 399 g/mol. The van der Waals surface area contributed by atoms with Gasteiger partial charge in [-0.25, -0.2) is 0 Å². The lowest BCUT2D eigenvalue weighted by Gasteiger charge is -2.22. The molecule has 2 aromatic rings. The van der Waals surface area contributed by atoms with Gasteiger partial charge in [-0.15, -0.1) is 11.3 Å². The molecule has 0 saturated carbocycles. The molecule has 2 nitrogen and oxygen atoms in total. The van der Waals surface area contributed by atoms with E-state index in [0.29, 0.717) is 6.54 Å². The molecule has 0 saturated heterocycles.